The Morgan fingerprint density at radius 2 is 1.39 bits per heavy atom. The van der Waals surface area contributed by atoms with Gasteiger partial charge in [0.05, 0.1) is 0 Å². The third-order valence-corrected chi connectivity index (χ3v) is 2.64. The Labute approximate surface area is 122 Å². The monoisotopic (exact) mass is 328 g/mol. The van der Waals surface area contributed by atoms with Crippen LogP contribution >= 0.6 is 0 Å². The van der Waals surface area contributed by atoms with Crippen molar-refractivity contribution in [1.82, 2.24) is 29.4 Å². The van der Waals surface area contributed by atoms with E-state index < -0.39 is 29.3 Å². The Bertz CT molecular complexity index is 897. The predicted molar refractivity (Wildman–Crippen MR) is 63.3 cm³/mol. The zero-order valence-corrected chi connectivity index (χ0v) is 10.8. The van der Waals surface area contributed by atoms with Gasteiger partial charge in [-0.25, -0.2) is 28.5 Å². The summed E-state index contributed by atoms with van der Waals surface area (Å²) in [5, 5.41) is 25.2. The van der Waals surface area contributed by atoms with E-state index in [1.807, 2.05) is 0 Å². The molecule has 0 bridgehead atoms. The summed E-state index contributed by atoms with van der Waals surface area (Å²) in [7, 11) is 0. The Morgan fingerprint density at radius 1 is 0.957 bits per heavy atom. The van der Waals surface area contributed by atoms with Crippen molar-refractivity contribution in [2.24, 2.45) is 0 Å². The molecule has 3 rings (SSSR count). The fourth-order valence-electron chi connectivity index (χ4n) is 1.75. The molecule has 0 unspecified atom stereocenters. The third-order valence-electron chi connectivity index (χ3n) is 2.64. The van der Waals surface area contributed by atoms with Crippen LogP contribution in [0, 0.1) is 20.2 Å². The predicted octanol–water partition coefficient (Wildman–Crippen LogP) is -1.54. The summed E-state index contributed by atoms with van der Waals surface area (Å²) in [5.41, 5.74) is -1.41. The number of hydrogen-bond donors (Lipinski definition) is 0. The normalized spacial score (nSPS) is 11.0. The van der Waals surface area contributed by atoms with Gasteiger partial charge in [-0.05, 0) is 10.3 Å². The first-order valence-corrected chi connectivity index (χ1v) is 5.61. The van der Waals surface area contributed by atoms with Gasteiger partial charge in [0.15, 0.2) is 24.8 Å². The highest BCUT2D eigenvalue weighted by Crippen LogP contribution is 2.13. The van der Waals surface area contributed by atoms with E-state index >= 15 is 0 Å². The summed E-state index contributed by atoms with van der Waals surface area (Å²) in [6.07, 6.45) is 0. The molecule has 0 aliphatic rings. The second-order valence-electron chi connectivity index (χ2n) is 3.88. The molecule has 16 heteroatoms. The molecular weight excluding hydrogens is 324 g/mol. The molecule has 0 aromatic carbocycles. The first-order valence-electron chi connectivity index (χ1n) is 5.61. The molecule has 120 valence electrons. The van der Waals surface area contributed by atoms with Crippen LogP contribution in [-0.4, -0.2) is 39.6 Å². The molecule has 23 heavy (non-hydrogen) atoms. The van der Waals surface area contributed by atoms with Crippen molar-refractivity contribution in [3.8, 4) is 0 Å². The summed E-state index contributed by atoms with van der Waals surface area (Å²) >= 11 is 0. The highest BCUT2D eigenvalue weighted by molar-refractivity contribution is 5.77. The fourth-order valence-corrected chi connectivity index (χ4v) is 1.75. The largest absolute Gasteiger partial charge is 0.334 e. The van der Waals surface area contributed by atoms with E-state index in [9.17, 15) is 25.0 Å². The van der Waals surface area contributed by atoms with Crippen LogP contribution in [0.15, 0.2) is 9.42 Å². The Balaban J connectivity index is 2.18. The number of imidazole rings is 1. The smallest absolute Gasteiger partial charge is 0.292 e. The Kier molecular flexibility index (Phi) is 3.17. The van der Waals surface area contributed by atoms with Crippen LogP contribution < -0.4 is 5.69 Å². The van der Waals surface area contributed by atoms with E-state index in [1.165, 1.54) is 0 Å². The van der Waals surface area contributed by atoms with Gasteiger partial charge in [-0.2, -0.15) is 0 Å². The number of rotatable bonds is 6. The molecule has 0 radical (unpaired) electrons. The van der Waals surface area contributed by atoms with E-state index in [0.29, 0.717) is 0 Å². The number of aromatic nitrogens is 6. The maximum absolute atomic E-state index is 12.2. The molecule has 0 amide bonds. The van der Waals surface area contributed by atoms with Gasteiger partial charge in [-0.3, -0.25) is 9.68 Å². The average molecular weight is 328 g/mol. The van der Waals surface area contributed by atoms with Crippen molar-refractivity contribution in [2.45, 2.75) is 13.5 Å². The van der Waals surface area contributed by atoms with Gasteiger partial charge >= 0.3 is 5.69 Å². The van der Waals surface area contributed by atoms with Crippen LogP contribution in [0.3, 0.4) is 0 Å². The second-order valence-corrected chi connectivity index (χ2v) is 3.88. The van der Waals surface area contributed by atoms with Crippen LogP contribution in [0.25, 0.3) is 22.6 Å². The van der Waals surface area contributed by atoms with Gasteiger partial charge in [-0.1, -0.05) is 0 Å². The molecule has 0 saturated heterocycles. The van der Waals surface area contributed by atoms with Gasteiger partial charge in [0, 0.05) is 0 Å². The van der Waals surface area contributed by atoms with Gasteiger partial charge < -0.3 is 0 Å². The van der Waals surface area contributed by atoms with E-state index in [2.05, 4.69) is 34.6 Å². The maximum Gasteiger partial charge on any atom is 0.334 e. The molecule has 0 atom stereocenters. The molecule has 0 spiro atoms. The average Bonchev–Trinajstić information content (AvgIpc) is 3.03. The SMILES string of the molecule is O=c1n(CO[N+](=O)[O-])c2nc3nonc3nc2n1CO[N+](=O)[O-]. The molecule has 3 aromatic rings. The molecule has 0 aliphatic heterocycles. The van der Waals surface area contributed by atoms with Crippen LogP contribution in [0.1, 0.15) is 0 Å². The fraction of sp³-hybridized carbons (Fsp3) is 0.286. The number of fused-ring (bicyclic) bond motifs is 2. The zero-order chi connectivity index (χ0) is 16.6. The summed E-state index contributed by atoms with van der Waals surface area (Å²) in [6, 6.07) is 0. The van der Waals surface area contributed by atoms with Gasteiger partial charge in [0.1, 0.15) is 0 Å². The minimum atomic E-state index is -1.12. The van der Waals surface area contributed by atoms with Gasteiger partial charge in [-0.15, -0.1) is 20.2 Å². The molecule has 0 saturated carbocycles. The van der Waals surface area contributed by atoms with Crippen molar-refractivity contribution in [3.05, 3.63) is 30.7 Å². The van der Waals surface area contributed by atoms with Gasteiger partial charge in [0.25, 0.3) is 10.2 Å². The molecule has 3 heterocycles. The molecular formula is C7H4N8O8. The zero-order valence-electron chi connectivity index (χ0n) is 10.8. The summed E-state index contributed by atoms with van der Waals surface area (Å²) < 4.78 is 5.86. The topological polar surface area (TPSA) is 196 Å². The summed E-state index contributed by atoms with van der Waals surface area (Å²) in [4.78, 5) is 48.8. The van der Waals surface area contributed by atoms with Crippen LogP contribution in [0.2, 0.25) is 0 Å². The van der Waals surface area contributed by atoms with E-state index in [4.69, 9.17) is 0 Å². The Morgan fingerprint density at radius 3 is 1.78 bits per heavy atom. The lowest BCUT2D eigenvalue weighted by Gasteiger charge is -1.99. The van der Waals surface area contributed by atoms with Crippen LogP contribution in [0.4, 0.5) is 0 Å². The lowest BCUT2D eigenvalue weighted by atomic mass is 10.6. The first-order chi connectivity index (χ1) is 11.0. The minimum Gasteiger partial charge on any atom is -0.292 e. The molecule has 0 N–H and O–H groups in total. The minimum absolute atomic E-state index is 0.0697. The molecule has 16 nitrogen and oxygen atoms in total. The molecule has 0 aliphatic carbocycles. The number of hydrogen-bond acceptors (Lipinski definition) is 12. The van der Waals surface area contributed by atoms with Gasteiger partial charge in [0.2, 0.25) is 11.3 Å². The van der Waals surface area contributed by atoms with E-state index in [0.717, 1.165) is 9.13 Å². The van der Waals surface area contributed by atoms with Crippen molar-refractivity contribution in [3.63, 3.8) is 0 Å². The van der Waals surface area contributed by atoms with Crippen LogP contribution in [-0.2, 0) is 23.1 Å². The number of nitrogens with zero attached hydrogens (tertiary/aromatic N) is 8. The standard InChI is InChI=1S/C7H4N8O8/c16-7-12(1-21-14(17)18)5-6(13(7)2-22-15(19)20)9-4-3(8-5)10-23-11-4/h1-2H2. The third kappa shape index (κ3) is 2.43. The van der Waals surface area contributed by atoms with E-state index in [1.54, 1.807) is 0 Å². The van der Waals surface area contributed by atoms with Crippen molar-refractivity contribution in [2.75, 3.05) is 0 Å². The quantitative estimate of drug-likeness (QED) is 0.374. The van der Waals surface area contributed by atoms with E-state index in [-0.39, 0.29) is 22.6 Å². The Hall–Kier alpha value is -3.85. The van der Waals surface area contributed by atoms with Crippen molar-refractivity contribution in [1.29, 1.82) is 0 Å². The lowest BCUT2D eigenvalue weighted by molar-refractivity contribution is -0.767. The first kappa shape index (κ1) is 14.1. The second kappa shape index (κ2) is 5.16. The maximum atomic E-state index is 12.2. The van der Waals surface area contributed by atoms with Crippen molar-refractivity contribution < 1.29 is 24.5 Å². The van der Waals surface area contributed by atoms with Crippen molar-refractivity contribution >= 4 is 22.6 Å². The highest BCUT2D eigenvalue weighted by atomic mass is 17.0. The molecule has 3 aromatic heterocycles. The lowest BCUT2D eigenvalue weighted by Crippen LogP contribution is -2.27. The summed E-state index contributed by atoms with van der Waals surface area (Å²) in [6.45, 7) is -1.61. The highest BCUT2D eigenvalue weighted by Gasteiger charge is 2.20. The summed E-state index contributed by atoms with van der Waals surface area (Å²) in [5.74, 6) is 0. The molecule has 0 fully saturated rings. The van der Waals surface area contributed by atoms with Crippen LogP contribution in [0.5, 0.6) is 0 Å².